The molecular weight excluding hydrogens is 239 g/mol. The van der Waals surface area contributed by atoms with Crippen LogP contribution in [0.3, 0.4) is 0 Å². The number of hydrogen-bond acceptors (Lipinski definition) is 1. The topological polar surface area (TPSA) is 9.23 Å². The lowest BCUT2D eigenvalue weighted by molar-refractivity contribution is 0.474. The van der Waals surface area contributed by atoms with Crippen LogP contribution in [0.2, 0.25) is 0 Å². The van der Waals surface area contributed by atoms with Crippen molar-refractivity contribution in [3.8, 4) is 11.5 Å². The van der Waals surface area contributed by atoms with Gasteiger partial charge >= 0.3 is 0 Å². The maximum atomic E-state index is 12.4. The van der Waals surface area contributed by atoms with Crippen LogP contribution in [0.5, 0.6) is 11.5 Å². The molecule has 0 radical (unpaired) electrons. The fourth-order valence-corrected chi connectivity index (χ4v) is 2.03. The molecule has 0 aliphatic heterocycles. The van der Waals surface area contributed by atoms with Crippen molar-refractivity contribution in [2.24, 2.45) is 0 Å². The van der Waals surface area contributed by atoms with Crippen molar-refractivity contribution in [1.29, 1.82) is 0 Å². The van der Waals surface area contributed by atoms with Gasteiger partial charge in [-0.15, -0.1) is 0 Å². The average Bonchev–Trinajstić information content (AvgIpc) is 2.44. The average molecular weight is 258 g/mol. The monoisotopic (exact) mass is 258 g/mol. The Morgan fingerprint density at radius 3 is 2.32 bits per heavy atom. The second kappa shape index (κ2) is 6.37. The molecule has 0 bridgehead atoms. The number of rotatable bonds is 5. The first-order valence-corrected chi connectivity index (χ1v) is 6.65. The highest BCUT2D eigenvalue weighted by Crippen LogP contribution is 2.25. The van der Waals surface area contributed by atoms with Gasteiger partial charge in [0.05, 0.1) is 0 Å². The fourth-order valence-electron chi connectivity index (χ4n) is 2.03. The summed E-state index contributed by atoms with van der Waals surface area (Å²) in [7, 11) is 0. The van der Waals surface area contributed by atoms with Crippen LogP contribution in [-0.4, -0.2) is 0 Å². The Balaban J connectivity index is 2.15. The van der Waals surface area contributed by atoms with Crippen LogP contribution in [0.1, 0.15) is 30.0 Å². The van der Waals surface area contributed by atoms with Crippen LogP contribution in [-0.2, 0) is 13.1 Å². The Morgan fingerprint density at radius 1 is 1.00 bits per heavy atom. The summed E-state index contributed by atoms with van der Waals surface area (Å²) < 4.78 is 18.2. The van der Waals surface area contributed by atoms with Gasteiger partial charge in [-0.2, -0.15) is 0 Å². The lowest BCUT2D eigenvalue weighted by Crippen LogP contribution is -1.91. The van der Waals surface area contributed by atoms with Crippen molar-refractivity contribution < 1.29 is 9.13 Å². The van der Waals surface area contributed by atoms with Gasteiger partial charge in [0.2, 0.25) is 0 Å². The highest BCUT2D eigenvalue weighted by molar-refractivity contribution is 5.38. The van der Waals surface area contributed by atoms with E-state index in [0.29, 0.717) is 5.56 Å². The molecular formula is C17H19FO. The number of halogens is 1. The summed E-state index contributed by atoms with van der Waals surface area (Å²) in [6.07, 6.45) is 2.18. The van der Waals surface area contributed by atoms with Gasteiger partial charge < -0.3 is 4.74 Å². The zero-order valence-corrected chi connectivity index (χ0v) is 11.4. The number of alkyl halides is 1. The van der Waals surface area contributed by atoms with Gasteiger partial charge in [-0.1, -0.05) is 31.5 Å². The fraction of sp³-hybridized carbons (Fsp3) is 0.294. The summed E-state index contributed by atoms with van der Waals surface area (Å²) in [6.45, 7) is 3.85. The van der Waals surface area contributed by atoms with Crippen LogP contribution in [0.4, 0.5) is 4.39 Å². The minimum absolute atomic E-state index is 0.439. The van der Waals surface area contributed by atoms with E-state index >= 15 is 0 Å². The van der Waals surface area contributed by atoms with E-state index < -0.39 is 6.67 Å². The molecule has 19 heavy (non-hydrogen) atoms. The second-order valence-corrected chi connectivity index (χ2v) is 4.72. The molecule has 100 valence electrons. The summed E-state index contributed by atoms with van der Waals surface area (Å²) in [4.78, 5) is 0. The normalized spacial score (nSPS) is 10.5. The summed E-state index contributed by atoms with van der Waals surface area (Å²) >= 11 is 0. The van der Waals surface area contributed by atoms with Crippen molar-refractivity contribution in [3.05, 3.63) is 59.2 Å². The van der Waals surface area contributed by atoms with Gasteiger partial charge in [0.25, 0.3) is 0 Å². The van der Waals surface area contributed by atoms with E-state index in [2.05, 4.69) is 26.0 Å². The predicted octanol–water partition coefficient (Wildman–Crippen LogP) is 5.21. The molecule has 0 aromatic heterocycles. The van der Waals surface area contributed by atoms with Crippen LogP contribution >= 0.6 is 0 Å². The van der Waals surface area contributed by atoms with Gasteiger partial charge in [-0.05, 0) is 54.3 Å². The summed E-state index contributed by atoms with van der Waals surface area (Å²) in [6, 6.07) is 13.2. The first-order chi connectivity index (χ1) is 9.22. The summed E-state index contributed by atoms with van der Waals surface area (Å²) in [5, 5.41) is 0. The molecule has 0 fully saturated rings. The van der Waals surface area contributed by atoms with Crippen LogP contribution in [0.15, 0.2) is 42.5 Å². The molecule has 0 aliphatic carbocycles. The van der Waals surface area contributed by atoms with Crippen LogP contribution in [0.25, 0.3) is 0 Å². The van der Waals surface area contributed by atoms with E-state index in [1.54, 1.807) is 24.3 Å². The SMILES string of the molecule is CCCc1cc(Oc2ccc(CF)cc2)ccc1C. The van der Waals surface area contributed by atoms with Crippen molar-refractivity contribution in [2.45, 2.75) is 33.4 Å². The van der Waals surface area contributed by atoms with Gasteiger partial charge in [0, 0.05) is 0 Å². The second-order valence-electron chi connectivity index (χ2n) is 4.72. The number of aryl methyl sites for hydroxylation is 2. The molecule has 0 N–H and O–H groups in total. The first-order valence-electron chi connectivity index (χ1n) is 6.65. The minimum atomic E-state index is -0.439. The van der Waals surface area contributed by atoms with Gasteiger partial charge in [0.15, 0.2) is 0 Å². The summed E-state index contributed by atoms with van der Waals surface area (Å²) in [5.41, 5.74) is 3.28. The van der Waals surface area contributed by atoms with Gasteiger partial charge in [-0.25, -0.2) is 4.39 Å². The van der Waals surface area contributed by atoms with Gasteiger partial charge in [0.1, 0.15) is 18.2 Å². The van der Waals surface area contributed by atoms with E-state index in [1.165, 1.54) is 11.1 Å². The lowest BCUT2D eigenvalue weighted by atomic mass is 10.0. The molecule has 2 rings (SSSR count). The quantitative estimate of drug-likeness (QED) is 0.715. The number of benzene rings is 2. The molecule has 0 saturated carbocycles. The number of ether oxygens (including phenoxy) is 1. The molecule has 0 spiro atoms. The lowest BCUT2D eigenvalue weighted by Gasteiger charge is -2.10. The van der Waals surface area contributed by atoms with Crippen LogP contribution in [0, 0.1) is 6.92 Å². The standard InChI is InChI=1S/C17H19FO/c1-3-4-15-11-17(8-5-13(15)2)19-16-9-6-14(12-18)7-10-16/h5-11H,3-4,12H2,1-2H3. The van der Waals surface area contributed by atoms with Gasteiger partial charge in [-0.3, -0.25) is 0 Å². The third kappa shape index (κ3) is 3.57. The molecule has 2 aromatic carbocycles. The number of hydrogen-bond donors (Lipinski definition) is 0. The van der Waals surface area contributed by atoms with E-state index in [4.69, 9.17) is 4.74 Å². The Morgan fingerprint density at radius 2 is 1.68 bits per heavy atom. The third-order valence-electron chi connectivity index (χ3n) is 3.15. The van der Waals surface area contributed by atoms with Crippen molar-refractivity contribution in [3.63, 3.8) is 0 Å². The summed E-state index contributed by atoms with van der Waals surface area (Å²) in [5.74, 6) is 1.57. The molecule has 0 amide bonds. The largest absolute Gasteiger partial charge is 0.457 e. The third-order valence-corrected chi connectivity index (χ3v) is 3.15. The Kier molecular flexibility index (Phi) is 4.56. The van der Waals surface area contributed by atoms with E-state index in [9.17, 15) is 4.39 Å². The Hall–Kier alpha value is -1.83. The zero-order valence-electron chi connectivity index (χ0n) is 11.4. The molecule has 0 unspecified atom stereocenters. The van der Waals surface area contributed by atoms with E-state index in [1.807, 2.05) is 6.07 Å². The first kappa shape index (κ1) is 13.6. The maximum Gasteiger partial charge on any atom is 0.127 e. The highest BCUT2D eigenvalue weighted by atomic mass is 19.1. The molecule has 1 nitrogen and oxygen atoms in total. The highest BCUT2D eigenvalue weighted by Gasteiger charge is 2.02. The Labute approximate surface area is 114 Å². The van der Waals surface area contributed by atoms with Crippen molar-refractivity contribution in [2.75, 3.05) is 0 Å². The van der Waals surface area contributed by atoms with E-state index in [0.717, 1.165) is 24.3 Å². The molecule has 0 saturated heterocycles. The van der Waals surface area contributed by atoms with E-state index in [-0.39, 0.29) is 0 Å². The van der Waals surface area contributed by atoms with Crippen molar-refractivity contribution >= 4 is 0 Å². The molecule has 0 heterocycles. The predicted molar refractivity (Wildman–Crippen MR) is 76.5 cm³/mol. The molecule has 0 atom stereocenters. The zero-order chi connectivity index (χ0) is 13.7. The molecule has 2 heteroatoms. The molecule has 2 aromatic rings. The molecule has 0 aliphatic rings. The van der Waals surface area contributed by atoms with Crippen LogP contribution < -0.4 is 4.74 Å². The smallest absolute Gasteiger partial charge is 0.127 e. The van der Waals surface area contributed by atoms with Crippen molar-refractivity contribution in [1.82, 2.24) is 0 Å². The minimum Gasteiger partial charge on any atom is -0.457 e. The Bertz CT molecular complexity index is 531. The maximum absolute atomic E-state index is 12.4.